The van der Waals surface area contributed by atoms with E-state index in [0.717, 1.165) is 45.7 Å². The highest BCUT2D eigenvalue weighted by Crippen LogP contribution is 2.04. The van der Waals surface area contributed by atoms with Crippen LogP contribution in [0.3, 0.4) is 0 Å². The summed E-state index contributed by atoms with van der Waals surface area (Å²) in [5.74, 6) is -0.0514. The summed E-state index contributed by atoms with van der Waals surface area (Å²) in [7, 11) is 0. The third-order valence-electron chi connectivity index (χ3n) is 2.93. The SMILES string of the molecule is CC(C)(C)NC(=O)C(N)CCCN1CCOCC1. The van der Waals surface area contributed by atoms with Crippen LogP contribution >= 0.6 is 0 Å². The summed E-state index contributed by atoms with van der Waals surface area (Å²) in [6, 6.07) is -0.398. The molecule has 0 radical (unpaired) electrons. The maximum absolute atomic E-state index is 11.8. The van der Waals surface area contributed by atoms with Gasteiger partial charge in [-0.2, -0.15) is 0 Å². The molecule has 1 saturated heterocycles. The van der Waals surface area contributed by atoms with Crippen LogP contribution in [-0.4, -0.2) is 55.2 Å². The lowest BCUT2D eigenvalue weighted by molar-refractivity contribution is -0.123. The minimum atomic E-state index is -0.398. The lowest BCUT2D eigenvalue weighted by Crippen LogP contribution is -2.49. The average Bonchev–Trinajstić information content (AvgIpc) is 2.28. The first kappa shape index (κ1) is 15.4. The normalized spacial score (nSPS) is 19.6. The maximum atomic E-state index is 11.8. The first-order valence-corrected chi connectivity index (χ1v) is 6.76. The molecule has 0 saturated carbocycles. The number of nitrogens with one attached hydrogen (secondary N) is 1. The third-order valence-corrected chi connectivity index (χ3v) is 2.93. The van der Waals surface area contributed by atoms with E-state index in [4.69, 9.17) is 10.5 Å². The van der Waals surface area contributed by atoms with Gasteiger partial charge in [0, 0.05) is 18.6 Å². The Labute approximate surface area is 110 Å². The van der Waals surface area contributed by atoms with E-state index in [9.17, 15) is 4.79 Å². The molecule has 1 atom stereocenters. The minimum absolute atomic E-state index is 0.0514. The van der Waals surface area contributed by atoms with E-state index in [1.54, 1.807) is 0 Å². The highest BCUT2D eigenvalue weighted by molar-refractivity contribution is 5.82. The number of amides is 1. The Morgan fingerprint density at radius 1 is 1.39 bits per heavy atom. The fourth-order valence-corrected chi connectivity index (χ4v) is 1.95. The van der Waals surface area contributed by atoms with Crippen LogP contribution < -0.4 is 11.1 Å². The van der Waals surface area contributed by atoms with Gasteiger partial charge in [-0.15, -0.1) is 0 Å². The summed E-state index contributed by atoms with van der Waals surface area (Å²) in [4.78, 5) is 14.1. The highest BCUT2D eigenvalue weighted by atomic mass is 16.5. The molecule has 3 N–H and O–H groups in total. The van der Waals surface area contributed by atoms with Crippen molar-refractivity contribution in [1.82, 2.24) is 10.2 Å². The van der Waals surface area contributed by atoms with E-state index >= 15 is 0 Å². The molecule has 0 bridgehead atoms. The molecule has 106 valence electrons. The number of morpholine rings is 1. The van der Waals surface area contributed by atoms with E-state index in [1.165, 1.54) is 0 Å². The Bertz CT molecular complexity index is 257. The van der Waals surface area contributed by atoms with Gasteiger partial charge < -0.3 is 15.8 Å². The van der Waals surface area contributed by atoms with E-state index in [0.29, 0.717) is 0 Å². The van der Waals surface area contributed by atoms with Crippen molar-refractivity contribution in [3.8, 4) is 0 Å². The van der Waals surface area contributed by atoms with Crippen molar-refractivity contribution < 1.29 is 9.53 Å². The number of carbonyl (C=O) groups is 1. The van der Waals surface area contributed by atoms with Crippen molar-refractivity contribution in [3.05, 3.63) is 0 Å². The zero-order chi connectivity index (χ0) is 13.6. The first-order chi connectivity index (χ1) is 8.38. The molecule has 5 nitrogen and oxygen atoms in total. The summed E-state index contributed by atoms with van der Waals surface area (Å²) in [5, 5.41) is 2.91. The molecular weight excluding hydrogens is 230 g/mol. The molecule has 1 aliphatic heterocycles. The second-order valence-corrected chi connectivity index (χ2v) is 5.94. The van der Waals surface area contributed by atoms with Crippen LogP contribution in [0.5, 0.6) is 0 Å². The molecule has 1 heterocycles. The van der Waals surface area contributed by atoms with E-state index in [2.05, 4.69) is 10.2 Å². The number of carbonyl (C=O) groups excluding carboxylic acids is 1. The van der Waals surface area contributed by atoms with E-state index < -0.39 is 6.04 Å². The molecule has 0 aromatic heterocycles. The summed E-state index contributed by atoms with van der Waals surface area (Å²) in [6.07, 6.45) is 1.69. The molecule has 1 amide bonds. The first-order valence-electron chi connectivity index (χ1n) is 6.76. The minimum Gasteiger partial charge on any atom is -0.379 e. The molecule has 18 heavy (non-hydrogen) atoms. The number of hydrogen-bond acceptors (Lipinski definition) is 4. The van der Waals surface area contributed by atoms with Crippen LogP contribution in [0.15, 0.2) is 0 Å². The number of nitrogens with two attached hydrogens (primary N) is 1. The van der Waals surface area contributed by atoms with Crippen molar-refractivity contribution in [1.29, 1.82) is 0 Å². The quantitative estimate of drug-likeness (QED) is 0.745. The van der Waals surface area contributed by atoms with Crippen LogP contribution in [0.2, 0.25) is 0 Å². The summed E-state index contributed by atoms with van der Waals surface area (Å²) in [6.45, 7) is 10.5. The third kappa shape index (κ3) is 6.33. The number of hydrogen-bond donors (Lipinski definition) is 2. The Morgan fingerprint density at radius 2 is 2.00 bits per heavy atom. The van der Waals surface area contributed by atoms with Gasteiger partial charge in [0.05, 0.1) is 19.3 Å². The largest absolute Gasteiger partial charge is 0.379 e. The molecule has 1 rings (SSSR count). The van der Waals surface area contributed by atoms with Crippen LogP contribution in [-0.2, 0) is 9.53 Å². The van der Waals surface area contributed by atoms with Gasteiger partial charge >= 0.3 is 0 Å². The number of ether oxygens (including phenoxy) is 1. The van der Waals surface area contributed by atoms with Crippen LogP contribution in [0.25, 0.3) is 0 Å². The van der Waals surface area contributed by atoms with Crippen LogP contribution in [0, 0.1) is 0 Å². The summed E-state index contributed by atoms with van der Waals surface area (Å²) in [5.41, 5.74) is 5.68. The lowest BCUT2D eigenvalue weighted by atomic mass is 10.1. The maximum Gasteiger partial charge on any atom is 0.237 e. The van der Waals surface area contributed by atoms with Crippen LogP contribution in [0.1, 0.15) is 33.6 Å². The zero-order valence-electron chi connectivity index (χ0n) is 11.9. The predicted molar refractivity (Wildman–Crippen MR) is 72.4 cm³/mol. The second-order valence-electron chi connectivity index (χ2n) is 5.94. The Hall–Kier alpha value is -0.650. The van der Waals surface area contributed by atoms with Gasteiger partial charge in [-0.1, -0.05) is 0 Å². The molecule has 1 fully saturated rings. The summed E-state index contributed by atoms with van der Waals surface area (Å²) >= 11 is 0. The van der Waals surface area contributed by atoms with Gasteiger partial charge in [-0.3, -0.25) is 9.69 Å². The Morgan fingerprint density at radius 3 is 2.56 bits per heavy atom. The van der Waals surface area contributed by atoms with Crippen molar-refractivity contribution >= 4 is 5.91 Å². The standard InChI is InChI=1S/C13H27N3O2/c1-13(2,3)15-12(17)11(14)5-4-6-16-7-9-18-10-8-16/h11H,4-10,14H2,1-3H3,(H,15,17). The van der Waals surface area contributed by atoms with Crippen molar-refractivity contribution in [3.63, 3.8) is 0 Å². The highest BCUT2D eigenvalue weighted by Gasteiger charge is 2.19. The Balaban J connectivity index is 2.15. The van der Waals surface area contributed by atoms with Crippen molar-refractivity contribution in [2.75, 3.05) is 32.8 Å². The van der Waals surface area contributed by atoms with Gasteiger partial charge in [0.25, 0.3) is 0 Å². The van der Waals surface area contributed by atoms with Gasteiger partial charge in [0.15, 0.2) is 0 Å². The smallest absolute Gasteiger partial charge is 0.237 e. The molecule has 0 spiro atoms. The predicted octanol–water partition coefficient (Wildman–Crippen LogP) is 0.341. The molecule has 5 heteroatoms. The summed E-state index contributed by atoms with van der Waals surface area (Å²) < 4.78 is 5.29. The second kappa shape index (κ2) is 7.07. The van der Waals surface area contributed by atoms with Crippen LogP contribution in [0.4, 0.5) is 0 Å². The van der Waals surface area contributed by atoms with Gasteiger partial charge in [-0.05, 0) is 40.2 Å². The molecule has 1 aliphatic rings. The zero-order valence-corrected chi connectivity index (χ0v) is 11.9. The van der Waals surface area contributed by atoms with E-state index in [1.807, 2.05) is 20.8 Å². The van der Waals surface area contributed by atoms with Crippen molar-refractivity contribution in [2.24, 2.45) is 5.73 Å². The molecule has 1 unspecified atom stereocenters. The molecule has 0 aromatic carbocycles. The number of nitrogens with zero attached hydrogens (tertiary/aromatic N) is 1. The fourth-order valence-electron chi connectivity index (χ4n) is 1.95. The monoisotopic (exact) mass is 257 g/mol. The lowest BCUT2D eigenvalue weighted by Gasteiger charge is -2.27. The fraction of sp³-hybridized carbons (Fsp3) is 0.923. The van der Waals surface area contributed by atoms with Gasteiger partial charge in [0.1, 0.15) is 0 Å². The topological polar surface area (TPSA) is 67.6 Å². The van der Waals surface area contributed by atoms with Crippen molar-refractivity contribution in [2.45, 2.75) is 45.2 Å². The van der Waals surface area contributed by atoms with Gasteiger partial charge in [0.2, 0.25) is 5.91 Å². The van der Waals surface area contributed by atoms with Gasteiger partial charge in [-0.25, -0.2) is 0 Å². The molecule has 0 aliphatic carbocycles. The molecule has 0 aromatic rings. The van der Waals surface area contributed by atoms with E-state index in [-0.39, 0.29) is 11.4 Å². The number of rotatable bonds is 5. The Kier molecular flexibility index (Phi) is 6.05. The molecular formula is C13H27N3O2. The average molecular weight is 257 g/mol.